The van der Waals surface area contributed by atoms with Crippen LogP contribution >= 0.6 is 0 Å². The Morgan fingerprint density at radius 1 is 1.11 bits per heavy atom. The molecule has 2 aromatic carbocycles. The quantitative estimate of drug-likeness (QED) is 0.535. The summed E-state index contributed by atoms with van der Waals surface area (Å²) in [6.07, 6.45) is 3.40. The lowest BCUT2D eigenvalue weighted by atomic mass is 10.0. The van der Waals surface area contributed by atoms with E-state index in [0.29, 0.717) is 17.7 Å². The van der Waals surface area contributed by atoms with Gasteiger partial charge in [0.2, 0.25) is 5.91 Å². The highest BCUT2D eigenvalue weighted by atomic mass is 16.5. The van der Waals surface area contributed by atoms with Gasteiger partial charge in [0.15, 0.2) is 0 Å². The van der Waals surface area contributed by atoms with E-state index in [1.54, 1.807) is 18.3 Å². The first kappa shape index (κ1) is 24.5. The number of carbonyl (C=O) groups excluding carboxylic acids is 1. The molecule has 1 N–H and O–H groups in total. The highest BCUT2D eigenvalue weighted by Crippen LogP contribution is 2.24. The van der Waals surface area contributed by atoms with Crippen LogP contribution in [0.1, 0.15) is 36.4 Å². The molecule has 1 saturated heterocycles. The number of hydrogen-bond acceptors (Lipinski definition) is 6. The molecule has 0 aliphatic carbocycles. The second kappa shape index (κ2) is 11.7. The van der Waals surface area contributed by atoms with Gasteiger partial charge in [-0.2, -0.15) is 5.26 Å². The molecule has 0 atom stereocenters. The van der Waals surface area contributed by atoms with E-state index in [-0.39, 0.29) is 11.8 Å². The number of amides is 1. The van der Waals surface area contributed by atoms with Crippen LogP contribution < -0.4 is 5.32 Å². The Bertz CT molecular complexity index is 1190. The van der Waals surface area contributed by atoms with Crippen molar-refractivity contribution in [3.63, 3.8) is 0 Å². The van der Waals surface area contributed by atoms with Crippen molar-refractivity contribution in [2.75, 3.05) is 38.2 Å². The van der Waals surface area contributed by atoms with Gasteiger partial charge in [-0.25, -0.2) is 9.97 Å². The van der Waals surface area contributed by atoms with Crippen LogP contribution in [0.5, 0.6) is 0 Å². The van der Waals surface area contributed by atoms with Crippen molar-refractivity contribution in [1.82, 2.24) is 14.9 Å². The fourth-order valence-corrected chi connectivity index (χ4v) is 3.95. The second-order valence-electron chi connectivity index (χ2n) is 9.07. The van der Waals surface area contributed by atoms with E-state index in [0.717, 1.165) is 61.9 Å². The van der Waals surface area contributed by atoms with Crippen LogP contribution in [0, 0.1) is 17.2 Å². The third-order valence-corrected chi connectivity index (χ3v) is 6.13. The molecule has 1 aliphatic rings. The van der Waals surface area contributed by atoms with Gasteiger partial charge in [-0.15, -0.1) is 0 Å². The maximum absolute atomic E-state index is 12.0. The number of carbonyl (C=O) groups is 1. The summed E-state index contributed by atoms with van der Waals surface area (Å²) in [7, 11) is 0. The number of nitriles is 1. The molecule has 35 heavy (non-hydrogen) atoms. The van der Waals surface area contributed by atoms with E-state index in [2.05, 4.69) is 45.5 Å². The van der Waals surface area contributed by atoms with E-state index >= 15 is 0 Å². The first-order valence-corrected chi connectivity index (χ1v) is 12.1. The van der Waals surface area contributed by atoms with Gasteiger partial charge >= 0.3 is 0 Å². The molecule has 1 amide bonds. The molecular weight excluding hydrogens is 438 g/mol. The molecule has 0 spiro atoms. The molecule has 1 aliphatic heterocycles. The first-order chi connectivity index (χ1) is 17.0. The van der Waals surface area contributed by atoms with Crippen LogP contribution in [0.25, 0.3) is 11.3 Å². The topological polar surface area (TPSA) is 91.1 Å². The number of rotatable bonds is 8. The van der Waals surface area contributed by atoms with Gasteiger partial charge in [0.1, 0.15) is 11.9 Å². The third kappa shape index (κ3) is 6.72. The smallest absolute Gasteiger partial charge is 0.226 e. The van der Waals surface area contributed by atoms with E-state index in [4.69, 9.17) is 9.72 Å². The highest BCUT2D eigenvalue weighted by Gasteiger charge is 2.13. The zero-order chi connectivity index (χ0) is 24.6. The standard InChI is InChI=1S/C28H31N5O2/c1-20(2)28(34)32-25-8-7-23(18-24(25)19-29)26-9-11-30-27(31-26)17-22-5-3-21(4-6-22)10-12-33-13-15-35-16-14-33/h3-9,11,18,20H,10,12-17H2,1-2H3,(H,32,34). The predicted molar refractivity (Wildman–Crippen MR) is 136 cm³/mol. The van der Waals surface area contributed by atoms with Crippen LogP contribution in [-0.4, -0.2) is 53.6 Å². The molecule has 0 bridgehead atoms. The van der Waals surface area contributed by atoms with Crippen molar-refractivity contribution in [1.29, 1.82) is 5.26 Å². The molecule has 180 valence electrons. The van der Waals surface area contributed by atoms with E-state index in [1.807, 2.05) is 26.0 Å². The van der Waals surface area contributed by atoms with Crippen molar-refractivity contribution >= 4 is 11.6 Å². The van der Waals surface area contributed by atoms with Crippen LogP contribution in [0.3, 0.4) is 0 Å². The van der Waals surface area contributed by atoms with Crippen LogP contribution in [0.4, 0.5) is 5.69 Å². The molecule has 0 saturated carbocycles. The number of anilines is 1. The molecule has 0 radical (unpaired) electrons. The van der Waals surface area contributed by atoms with Gasteiger partial charge in [0, 0.05) is 43.7 Å². The van der Waals surface area contributed by atoms with Crippen LogP contribution in [0.15, 0.2) is 54.7 Å². The van der Waals surface area contributed by atoms with Gasteiger partial charge in [0.05, 0.1) is 30.2 Å². The summed E-state index contributed by atoms with van der Waals surface area (Å²) in [6, 6.07) is 18.0. The van der Waals surface area contributed by atoms with Crippen LogP contribution in [-0.2, 0) is 22.4 Å². The summed E-state index contributed by atoms with van der Waals surface area (Å²) in [4.78, 5) is 23.7. The molecule has 7 nitrogen and oxygen atoms in total. The minimum atomic E-state index is -0.163. The summed E-state index contributed by atoms with van der Waals surface area (Å²) in [5.41, 5.74) is 4.95. The fraction of sp³-hybridized carbons (Fsp3) is 0.357. The summed E-state index contributed by atoms with van der Waals surface area (Å²) < 4.78 is 5.42. The zero-order valence-corrected chi connectivity index (χ0v) is 20.3. The molecular formula is C28H31N5O2. The van der Waals surface area contributed by atoms with Crippen molar-refractivity contribution < 1.29 is 9.53 Å². The lowest BCUT2D eigenvalue weighted by Crippen LogP contribution is -2.37. The van der Waals surface area contributed by atoms with Crippen molar-refractivity contribution in [3.05, 3.63) is 77.2 Å². The van der Waals surface area contributed by atoms with Gasteiger partial charge in [0.25, 0.3) is 0 Å². The van der Waals surface area contributed by atoms with E-state index < -0.39 is 0 Å². The second-order valence-corrected chi connectivity index (χ2v) is 9.07. The van der Waals surface area contributed by atoms with Gasteiger partial charge in [-0.1, -0.05) is 44.2 Å². The Labute approximate surface area is 206 Å². The lowest BCUT2D eigenvalue weighted by Gasteiger charge is -2.26. The number of hydrogen-bond donors (Lipinski definition) is 1. The third-order valence-electron chi connectivity index (χ3n) is 6.13. The number of benzene rings is 2. The normalized spacial score (nSPS) is 14.0. The molecule has 7 heteroatoms. The maximum atomic E-state index is 12.0. The first-order valence-electron chi connectivity index (χ1n) is 12.1. The molecule has 2 heterocycles. The van der Waals surface area contributed by atoms with Gasteiger partial charge < -0.3 is 10.1 Å². The monoisotopic (exact) mass is 469 g/mol. The van der Waals surface area contributed by atoms with Crippen molar-refractivity contribution in [2.24, 2.45) is 5.92 Å². The number of morpholine rings is 1. The highest BCUT2D eigenvalue weighted by molar-refractivity contribution is 5.93. The Morgan fingerprint density at radius 2 is 1.86 bits per heavy atom. The van der Waals surface area contributed by atoms with Gasteiger partial charge in [-0.05, 0) is 35.7 Å². The number of nitrogens with zero attached hydrogens (tertiary/aromatic N) is 4. The molecule has 4 rings (SSSR count). The number of nitrogens with one attached hydrogen (secondary N) is 1. The van der Waals surface area contributed by atoms with Gasteiger partial charge in [-0.3, -0.25) is 9.69 Å². The lowest BCUT2D eigenvalue weighted by molar-refractivity contribution is -0.118. The summed E-state index contributed by atoms with van der Waals surface area (Å²) >= 11 is 0. The minimum Gasteiger partial charge on any atom is -0.379 e. The molecule has 1 aromatic heterocycles. The number of ether oxygens (including phenoxy) is 1. The minimum absolute atomic E-state index is 0.120. The Kier molecular flexibility index (Phi) is 8.19. The average Bonchev–Trinajstić information content (AvgIpc) is 2.89. The van der Waals surface area contributed by atoms with Crippen LogP contribution in [0.2, 0.25) is 0 Å². The van der Waals surface area contributed by atoms with Crippen molar-refractivity contribution in [2.45, 2.75) is 26.7 Å². The summed E-state index contributed by atoms with van der Waals surface area (Å²) in [5.74, 6) is 0.439. The maximum Gasteiger partial charge on any atom is 0.226 e. The SMILES string of the molecule is CC(C)C(=O)Nc1ccc(-c2ccnc(Cc3ccc(CCN4CCOCC4)cc3)n2)cc1C#N. The average molecular weight is 470 g/mol. The largest absolute Gasteiger partial charge is 0.379 e. The Morgan fingerprint density at radius 3 is 2.57 bits per heavy atom. The van der Waals surface area contributed by atoms with E-state index in [9.17, 15) is 10.1 Å². The zero-order valence-electron chi connectivity index (χ0n) is 20.3. The molecule has 0 unspecified atom stereocenters. The molecule has 3 aromatic rings. The Balaban J connectivity index is 1.41. The predicted octanol–water partition coefficient (Wildman–Crippen LogP) is 4.08. The van der Waals surface area contributed by atoms with E-state index in [1.165, 1.54) is 5.56 Å². The fourth-order valence-electron chi connectivity index (χ4n) is 3.95. The summed E-state index contributed by atoms with van der Waals surface area (Å²) in [6.45, 7) is 8.37. The summed E-state index contributed by atoms with van der Waals surface area (Å²) in [5, 5.41) is 12.4. The molecule has 1 fully saturated rings. The Hall–Kier alpha value is -3.60. The number of aromatic nitrogens is 2. The van der Waals surface area contributed by atoms with Crippen molar-refractivity contribution in [3.8, 4) is 17.3 Å².